The van der Waals surface area contributed by atoms with Gasteiger partial charge in [0.15, 0.2) is 0 Å². The number of carbonyl (C=O) groups excluding carboxylic acids is 1. The molecule has 6 heteroatoms. The van der Waals surface area contributed by atoms with Crippen LogP contribution in [0.1, 0.15) is 21.5 Å². The number of aryl methyl sites for hydroxylation is 1. The molecule has 27 heavy (non-hydrogen) atoms. The van der Waals surface area contributed by atoms with Crippen molar-refractivity contribution in [1.82, 2.24) is 5.48 Å². The van der Waals surface area contributed by atoms with Gasteiger partial charge in [0.05, 0.1) is 17.9 Å². The van der Waals surface area contributed by atoms with Crippen molar-refractivity contribution in [2.24, 2.45) is 0 Å². The second kappa shape index (κ2) is 9.34. The second-order valence-electron chi connectivity index (χ2n) is 5.98. The molecular formula is C21H18BrIN2O2. The molecule has 2 N–H and O–H groups in total. The molecule has 1 amide bonds. The van der Waals surface area contributed by atoms with E-state index in [-0.39, 0.29) is 5.91 Å². The Morgan fingerprint density at radius 2 is 1.81 bits per heavy atom. The Hall–Kier alpha value is -1.90. The Bertz CT molecular complexity index is 948. The fourth-order valence-electron chi connectivity index (χ4n) is 2.54. The number of halogens is 2. The summed E-state index contributed by atoms with van der Waals surface area (Å²) in [4.78, 5) is 18.0. The molecule has 3 aromatic carbocycles. The third-order valence-electron chi connectivity index (χ3n) is 3.93. The van der Waals surface area contributed by atoms with Crippen LogP contribution in [0.5, 0.6) is 0 Å². The van der Waals surface area contributed by atoms with Crippen LogP contribution in [0.25, 0.3) is 0 Å². The van der Waals surface area contributed by atoms with Crippen LogP contribution >= 0.6 is 38.5 Å². The lowest BCUT2D eigenvalue weighted by Crippen LogP contribution is -2.24. The molecule has 0 spiro atoms. The predicted molar refractivity (Wildman–Crippen MR) is 120 cm³/mol. The van der Waals surface area contributed by atoms with E-state index in [1.54, 1.807) is 6.07 Å². The van der Waals surface area contributed by atoms with E-state index >= 15 is 0 Å². The summed E-state index contributed by atoms with van der Waals surface area (Å²) >= 11 is 5.75. The molecule has 0 radical (unpaired) electrons. The summed E-state index contributed by atoms with van der Waals surface area (Å²) in [5.74, 6) is -0.302. The van der Waals surface area contributed by atoms with E-state index in [1.807, 2.05) is 61.5 Å². The normalized spacial score (nSPS) is 10.5. The average molecular weight is 537 g/mol. The van der Waals surface area contributed by atoms with Gasteiger partial charge in [0.2, 0.25) is 0 Å². The van der Waals surface area contributed by atoms with Crippen LogP contribution in [0.4, 0.5) is 11.4 Å². The molecule has 3 aromatic rings. The quantitative estimate of drug-likeness (QED) is 0.301. The maximum atomic E-state index is 12.6. The predicted octanol–water partition coefficient (Wildman–Crippen LogP) is 5.97. The minimum absolute atomic E-state index is 0.302. The van der Waals surface area contributed by atoms with Gasteiger partial charge in [-0.2, -0.15) is 0 Å². The molecule has 138 valence electrons. The Morgan fingerprint density at radius 1 is 1.04 bits per heavy atom. The molecule has 0 aliphatic heterocycles. The lowest BCUT2D eigenvalue weighted by Gasteiger charge is -2.15. The first kappa shape index (κ1) is 19.9. The van der Waals surface area contributed by atoms with Gasteiger partial charge in [0.1, 0.15) is 0 Å². The molecule has 4 nitrogen and oxygen atoms in total. The number of nitrogens with one attached hydrogen (secondary N) is 2. The summed E-state index contributed by atoms with van der Waals surface area (Å²) < 4.78 is 2.05. The summed E-state index contributed by atoms with van der Waals surface area (Å²) in [5, 5.41) is 3.35. The second-order valence-corrected chi connectivity index (χ2v) is 8.14. The highest BCUT2D eigenvalue weighted by Gasteiger charge is 2.13. The first-order valence-electron chi connectivity index (χ1n) is 8.32. The maximum Gasteiger partial charge on any atom is 0.276 e. The zero-order valence-corrected chi connectivity index (χ0v) is 18.4. The molecule has 0 fully saturated rings. The first-order valence-corrected chi connectivity index (χ1v) is 10.2. The lowest BCUT2D eigenvalue weighted by molar-refractivity contribution is 0.0234. The summed E-state index contributed by atoms with van der Waals surface area (Å²) in [6.07, 6.45) is 0. The standard InChI is InChI=1S/C21H18BrIN2O2/c1-14-11-17(23)8-10-19(14)24-20-12-16(22)7-9-18(20)21(26)25-27-13-15-5-3-2-4-6-15/h2-12,24H,13H2,1H3,(H,25,26). The number of benzene rings is 3. The van der Waals surface area contributed by atoms with E-state index in [9.17, 15) is 4.79 Å². The number of rotatable bonds is 6. The van der Waals surface area contributed by atoms with E-state index < -0.39 is 0 Å². The van der Waals surface area contributed by atoms with Crippen molar-refractivity contribution < 1.29 is 9.63 Å². The molecule has 0 aromatic heterocycles. The maximum absolute atomic E-state index is 12.6. The van der Waals surface area contributed by atoms with Gasteiger partial charge in [-0.3, -0.25) is 9.63 Å². The molecule has 0 aliphatic carbocycles. The molecular weight excluding hydrogens is 519 g/mol. The van der Waals surface area contributed by atoms with Crippen molar-refractivity contribution >= 4 is 55.8 Å². The van der Waals surface area contributed by atoms with Gasteiger partial charge in [-0.05, 0) is 77.0 Å². The number of hydroxylamine groups is 1. The Morgan fingerprint density at radius 3 is 2.56 bits per heavy atom. The first-order chi connectivity index (χ1) is 13.0. The van der Waals surface area contributed by atoms with E-state index in [0.29, 0.717) is 17.9 Å². The van der Waals surface area contributed by atoms with Crippen molar-refractivity contribution in [2.45, 2.75) is 13.5 Å². The van der Waals surface area contributed by atoms with Gasteiger partial charge in [0.25, 0.3) is 5.91 Å². The van der Waals surface area contributed by atoms with Crippen LogP contribution in [-0.2, 0) is 11.4 Å². The number of amides is 1. The number of carbonyl (C=O) groups is 1. The van der Waals surface area contributed by atoms with E-state index in [0.717, 1.165) is 24.9 Å². The van der Waals surface area contributed by atoms with Crippen LogP contribution in [0.3, 0.4) is 0 Å². The van der Waals surface area contributed by atoms with Gasteiger partial charge in [-0.1, -0.05) is 46.3 Å². The van der Waals surface area contributed by atoms with Crippen LogP contribution in [0, 0.1) is 10.5 Å². The largest absolute Gasteiger partial charge is 0.355 e. The highest BCUT2D eigenvalue weighted by molar-refractivity contribution is 14.1. The van der Waals surface area contributed by atoms with Crippen molar-refractivity contribution in [1.29, 1.82) is 0 Å². The molecule has 0 bridgehead atoms. The Kier molecular flexibility index (Phi) is 6.87. The summed E-state index contributed by atoms with van der Waals surface area (Å²) in [7, 11) is 0. The van der Waals surface area contributed by atoms with Crippen molar-refractivity contribution in [3.05, 3.63) is 91.5 Å². The van der Waals surface area contributed by atoms with E-state index in [4.69, 9.17) is 4.84 Å². The van der Waals surface area contributed by atoms with Gasteiger partial charge < -0.3 is 5.32 Å². The Labute approximate surface area is 180 Å². The average Bonchev–Trinajstić information content (AvgIpc) is 2.65. The molecule has 0 saturated heterocycles. The van der Waals surface area contributed by atoms with Crippen LogP contribution in [0.15, 0.2) is 71.2 Å². The fraction of sp³-hybridized carbons (Fsp3) is 0.0952. The monoisotopic (exact) mass is 536 g/mol. The van der Waals surface area contributed by atoms with Crippen LogP contribution in [-0.4, -0.2) is 5.91 Å². The lowest BCUT2D eigenvalue weighted by atomic mass is 10.1. The molecule has 0 unspecified atom stereocenters. The Balaban J connectivity index is 1.73. The van der Waals surface area contributed by atoms with Gasteiger partial charge in [-0.15, -0.1) is 0 Å². The van der Waals surface area contributed by atoms with Crippen LogP contribution < -0.4 is 10.8 Å². The zero-order chi connectivity index (χ0) is 19.2. The molecule has 0 atom stereocenters. The third kappa shape index (κ3) is 5.54. The van der Waals surface area contributed by atoms with E-state index in [2.05, 4.69) is 55.4 Å². The van der Waals surface area contributed by atoms with Gasteiger partial charge >= 0.3 is 0 Å². The van der Waals surface area contributed by atoms with Crippen molar-refractivity contribution in [3.8, 4) is 0 Å². The highest BCUT2D eigenvalue weighted by Crippen LogP contribution is 2.27. The third-order valence-corrected chi connectivity index (χ3v) is 5.09. The van der Waals surface area contributed by atoms with E-state index in [1.165, 1.54) is 0 Å². The van der Waals surface area contributed by atoms with Crippen LogP contribution in [0.2, 0.25) is 0 Å². The topological polar surface area (TPSA) is 50.4 Å². The molecule has 0 aliphatic rings. The van der Waals surface area contributed by atoms with Crippen molar-refractivity contribution in [3.63, 3.8) is 0 Å². The highest BCUT2D eigenvalue weighted by atomic mass is 127. The summed E-state index contributed by atoms with van der Waals surface area (Å²) in [6, 6.07) is 21.3. The van der Waals surface area contributed by atoms with Gasteiger partial charge in [0, 0.05) is 13.7 Å². The SMILES string of the molecule is Cc1cc(I)ccc1Nc1cc(Br)ccc1C(=O)NOCc1ccccc1. The molecule has 0 heterocycles. The number of anilines is 2. The zero-order valence-electron chi connectivity index (χ0n) is 14.6. The molecule has 3 rings (SSSR count). The van der Waals surface area contributed by atoms with Crippen molar-refractivity contribution in [2.75, 3.05) is 5.32 Å². The number of hydrogen-bond donors (Lipinski definition) is 2. The summed E-state index contributed by atoms with van der Waals surface area (Å²) in [6.45, 7) is 2.34. The summed E-state index contributed by atoms with van der Waals surface area (Å²) in [5.41, 5.74) is 6.77. The fourth-order valence-corrected chi connectivity index (χ4v) is 3.55. The smallest absolute Gasteiger partial charge is 0.276 e. The minimum atomic E-state index is -0.302. The number of hydrogen-bond acceptors (Lipinski definition) is 3. The van der Waals surface area contributed by atoms with Gasteiger partial charge in [-0.25, -0.2) is 5.48 Å². The minimum Gasteiger partial charge on any atom is -0.355 e. The molecule has 0 saturated carbocycles.